The molecule has 0 radical (unpaired) electrons. The van der Waals surface area contributed by atoms with E-state index >= 15 is 0 Å². The van der Waals surface area contributed by atoms with Crippen LogP contribution in [0.4, 0.5) is 5.13 Å². The van der Waals surface area contributed by atoms with E-state index in [-0.39, 0.29) is 16.2 Å². The van der Waals surface area contributed by atoms with Crippen molar-refractivity contribution < 1.29 is 13.2 Å². The highest BCUT2D eigenvalue weighted by molar-refractivity contribution is 7.89. The van der Waals surface area contributed by atoms with Gasteiger partial charge in [-0.15, -0.1) is 10.2 Å². The van der Waals surface area contributed by atoms with Crippen molar-refractivity contribution in [1.82, 2.24) is 14.5 Å². The van der Waals surface area contributed by atoms with Crippen LogP contribution in [-0.4, -0.2) is 41.9 Å². The summed E-state index contributed by atoms with van der Waals surface area (Å²) in [5.41, 5.74) is 1.20. The number of hydrogen-bond donors (Lipinski definition) is 1. The second-order valence-electron chi connectivity index (χ2n) is 10.1. The Labute approximate surface area is 200 Å². The molecule has 0 atom stereocenters. The molecule has 1 aromatic carbocycles. The molecule has 0 saturated heterocycles. The fourth-order valence-electron chi connectivity index (χ4n) is 6.74. The van der Waals surface area contributed by atoms with E-state index in [1.807, 2.05) is 6.92 Å². The summed E-state index contributed by atoms with van der Waals surface area (Å²) in [6.45, 7) is 6.18. The summed E-state index contributed by atoms with van der Waals surface area (Å²) in [5.74, 6) is 2.10. The minimum Gasteiger partial charge on any atom is -0.296 e. The molecule has 9 heteroatoms. The summed E-state index contributed by atoms with van der Waals surface area (Å²) < 4.78 is 27.2. The van der Waals surface area contributed by atoms with Gasteiger partial charge < -0.3 is 0 Å². The number of carbonyl (C=O) groups excluding carboxylic acids is 1. The number of aryl methyl sites for hydroxylation is 1. The molecule has 6 rings (SSSR count). The summed E-state index contributed by atoms with van der Waals surface area (Å²) in [4.78, 5) is 13.2. The molecule has 4 aliphatic carbocycles. The summed E-state index contributed by atoms with van der Waals surface area (Å²) in [5, 5.41) is 13.3. The van der Waals surface area contributed by atoms with Gasteiger partial charge in [-0.3, -0.25) is 10.1 Å². The Morgan fingerprint density at radius 2 is 1.70 bits per heavy atom. The monoisotopic (exact) mass is 488 g/mol. The highest BCUT2D eigenvalue weighted by Crippen LogP contribution is 2.61. The minimum atomic E-state index is -3.64. The van der Waals surface area contributed by atoms with Crippen LogP contribution in [0.5, 0.6) is 0 Å². The molecule has 1 amide bonds. The maximum absolute atomic E-state index is 13.1. The smallest absolute Gasteiger partial charge is 0.257 e. The first-order valence-corrected chi connectivity index (χ1v) is 14.3. The molecule has 0 unspecified atom stereocenters. The Kier molecular flexibility index (Phi) is 5.86. The number of benzene rings is 1. The van der Waals surface area contributed by atoms with Crippen molar-refractivity contribution in [1.29, 1.82) is 0 Å². The first kappa shape index (κ1) is 22.9. The largest absolute Gasteiger partial charge is 0.296 e. The van der Waals surface area contributed by atoms with Crippen molar-refractivity contribution in [2.75, 3.05) is 18.4 Å². The molecule has 4 bridgehead atoms. The second-order valence-corrected chi connectivity index (χ2v) is 13.0. The lowest BCUT2D eigenvalue weighted by atomic mass is 9.50. The molecule has 178 valence electrons. The van der Waals surface area contributed by atoms with Crippen molar-refractivity contribution in [2.45, 2.75) is 69.6 Å². The average molecular weight is 489 g/mol. The second kappa shape index (κ2) is 8.43. The van der Waals surface area contributed by atoms with E-state index in [9.17, 15) is 13.2 Å². The summed E-state index contributed by atoms with van der Waals surface area (Å²) in [6, 6.07) is 4.72. The first-order valence-electron chi connectivity index (χ1n) is 12.0. The van der Waals surface area contributed by atoms with Gasteiger partial charge in [0.05, 0.1) is 4.90 Å². The van der Waals surface area contributed by atoms with Crippen molar-refractivity contribution in [2.24, 2.45) is 17.8 Å². The summed E-state index contributed by atoms with van der Waals surface area (Å²) in [7, 11) is -3.64. The van der Waals surface area contributed by atoms with E-state index in [0.717, 1.165) is 28.3 Å². The highest BCUT2D eigenvalue weighted by atomic mass is 32.2. The fourth-order valence-corrected chi connectivity index (χ4v) is 9.19. The van der Waals surface area contributed by atoms with Crippen LogP contribution in [0.15, 0.2) is 23.1 Å². The summed E-state index contributed by atoms with van der Waals surface area (Å²) >= 11 is 1.49. The maximum Gasteiger partial charge on any atom is 0.257 e. The molecular formula is C24H32N4O3S2. The Morgan fingerprint density at radius 3 is 2.27 bits per heavy atom. The Hall–Kier alpha value is -1.84. The number of sulfonamides is 1. The molecule has 2 aromatic rings. The zero-order chi connectivity index (χ0) is 23.4. The van der Waals surface area contributed by atoms with E-state index < -0.39 is 10.0 Å². The third kappa shape index (κ3) is 4.02. The molecule has 7 nitrogen and oxygen atoms in total. The normalized spacial score (nSPS) is 28.4. The van der Waals surface area contributed by atoms with Crippen LogP contribution in [0.1, 0.15) is 73.3 Å². The van der Waals surface area contributed by atoms with Crippen LogP contribution in [-0.2, 0) is 15.4 Å². The van der Waals surface area contributed by atoms with Gasteiger partial charge in [0.15, 0.2) is 0 Å². The van der Waals surface area contributed by atoms with Gasteiger partial charge in [-0.25, -0.2) is 8.42 Å². The number of anilines is 1. The lowest BCUT2D eigenvalue weighted by molar-refractivity contribution is -0.00555. The van der Waals surface area contributed by atoms with Crippen LogP contribution in [0, 0.1) is 24.7 Å². The Morgan fingerprint density at radius 1 is 1.09 bits per heavy atom. The predicted octanol–water partition coefficient (Wildman–Crippen LogP) is 4.60. The molecule has 0 spiro atoms. The van der Waals surface area contributed by atoms with Gasteiger partial charge in [0.1, 0.15) is 5.01 Å². The quantitative estimate of drug-likeness (QED) is 0.615. The van der Waals surface area contributed by atoms with E-state index in [0.29, 0.717) is 23.8 Å². The number of rotatable bonds is 7. The van der Waals surface area contributed by atoms with Gasteiger partial charge >= 0.3 is 0 Å². The number of aromatic nitrogens is 2. The minimum absolute atomic E-state index is 0.133. The fraction of sp³-hybridized carbons (Fsp3) is 0.625. The first-order chi connectivity index (χ1) is 15.7. The SMILES string of the molecule is CCN(CC)S(=O)(=O)c1ccc(C)c(C(=O)Nc2nnc(C34CC5CC(CC(C5)C3)C4)s2)c1. The van der Waals surface area contributed by atoms with Crippen molar-refractivity contribution in [3.8, 4) is 0 Å². The van der Waals surface area contributed by atoms with E-state index in [4.69, 9.17) is 0 Å². The van der Waals surface area contributed by atoms with Crippen LogP contribution in [0.3, 0.4) is 0 Å². The summed E-state index contributed by atoms with van der Waals surface area (Å²) in [6.07, 6.45) is 7.71. The van der Waals surface area contributed by atoms with Crippen LogP contribution >= 0.6 is 11.3 Å². The Bertz CT molecular complexity index is 1130. The third-order valence-electron chi connectivity index (χ3n) is 7.93. The van der Waals surface area contributed by atoms with Gasteiger partial charge in [0.25, 0.3) is 5.91 Å². The van der Waals surface area contributed by atoms with Gasteiger partial charge in [-0.1, -0.05) is 31.3 Å². The molecule has 4 aliphatic rings. The molecule has 4 fully saturated rings. The van der Waals surface area contributed by atoms with Gasteiger partial charge in [-0.05, 0) is 80.9 Å². The molecule has 1 N–H and O–H groups in total. The average Bonchev–Trinajstić information content (AvgIpc) is 3.23. The van der Waals surface area contributed by atoms with Crippen LogP contribution in [0.25, 0.3) is 0 Å². The topological polar surface area (TPSA) is 92.3 Å². The maximum atomic E-state index is 13.1. The molecule has 33 heavy (non-hydrogen) atoms. The number of amides is 1. The zero-order valence-electron chi connectivity index (χ0n) is 19.5. The zero-order valence-corrected chi connectivity index (χ0v) is 21.1. The molecular weight excluding hydrogens is 456 g/mol. The van der Waals surface area contributed by atoms with E-state index in [2.05, 4.69) is 15.5 Å². The standard InChI is InChI=1S/C24H32N4O3S2/c1-4-28(5-2)33(30,31)19-7-6-15(3)20(11-19)21(29)25-23-27-26-22(32-23)24-12-16-8-17(13-24)10-18(9-16)14-24/h6-7,11,16-18H,4-5,8-10,12-14H2,1-3H3,(H,25,27,29). The van der Waals surface area contributed by atoms with E-state index in [1.54, 1.807) is 26.0 Å². The molecule has 0 aliphatic heterocycles. The van der Waals surface area contributed by atoms with Gasteiger partial charge in [-0.2, -0.15) is 4.31 Å². The third-order valence-corrected chi connectivity index (χ3v) is 11.1. The van der Waals surface area contributed by atoms with Crippen molar-refractivity contribution >= 4 is 32.4 Å². The van der Waals surface area contributed by atoms with Gasteiger partial charge in [0, 0.05) is 24.1 Å². The lowest BCUT2D eigenvalue weighted by Crippen LogP contribution is -2.48. The molecule has 4 saturated carbocycles. The Balaban J connectivity index is 1.37. The number of nitrogens with one attached hydrogen (secondary N) is 1. The number of nitrogens with zero attached hydrogens (tertiary/aromatic N) is 3. The highest BCUT2D eigenvalue weighted by Gasteiger charge is 2.53. The van der Waals surface area contributed by atoms with Crippen molar-refractivity contribution in [3.63, 3.8) is 0 Å². The van der Waals surface area contributed by atoms with E-state index in [1.165, 1.54) is 60.2 Å². The number of carbonyl (C=O) groups is 1. The number of hydrogen-bond acceptors (Lipinski definition) is 6. The van der Waals surface area contributed by atoms with Crippen LogP contribution in [0.2, 0.25) is 0 Å². The van der Waals surface area contributed by atoms with Gasteiger partial charge in [0.2, 0.25) is 15.2 Å². The lowest BCUT2D eigenvalue weighted by Gasteiger charge is -2.55. The van der Waals surface area contributed by atoms with Crippen LogP contribution < -0.4 is 5.32 Å². The predicted molar refractivity (Wildman–Crippen MR) is 129 cm³/mol. The molecule has 1 heterocycles. The van der Waals surface area contributed by atoms with Crippen molar-refractivity contribution in [3.05, 3.63) is 34.3 Å². The molecule has 1 aromatic heterocycles.